The quantitative estimate of drug-likeness (QED) is 0.533. The summed E-state index contributed by atoms with van der Waals surface area (Å²) >= 11 is 0.907. The van der Waals surface area contributed by atoms with Gasteiger partial charge in [-0.2, -0.15) is 5.10 Å². The first-order valence-electron chi connectivity index (χ1n) is 8.41. The third kappa shape index (κ3) is 4.94. The summed E-state index contributed by atoms with van der Waals surface area (Å²) in [5.41, 5.74) is 5.67. The summed E-state index contributed by atoms with van der Waals surface area (Å²) in [6.45, 7) is 3.75. The molecule has 0 aliphatic heterocycles. The minimum atomic E-state index is -1.16. The van der Waals surface area contributed by atoms with Crippen molar-refractivity contribution in [1.29, 1.82) is 0 Å². The van der Waals surface area contributed by atoms with Gasteiger partial charge < -0.3 is 20.9 Å². The van der Waals surface area contributed by atoms with Gasteiger partial charge in [0.15, 0.2) is 5.69 Å². The number of amides is 2. The number of nitrogens with one attached hydrogen (secondary N) is 1. The van der Waals surface area contributed by atoms with Crippen LogP contribution in [0.1, 0.15) is 55.8 Å². The summed E-state index contributed by atoms with van der Waals surface area (Å²) in [5, 5.41) is 15.4. The van der Waals surface area contributed by atoms with Gasteiger partial charge in [0, 0.05) is 19.2 Å². The Kier molecular flexibility index (Phi) is 6.88. The highest BCUT2D eigenvalue weighted by Crippen LogP contribution is 2.33. The van der Waals surface area contributed by atoms with Gasteiger partial charge in [-0.15, -0.1) is 11.3 Å². The number of aromatic nitrogens is 2. The number of carbonyl (C=O) groups excluding carboxylic acids is 3. The van der Waals surface area contributed by atoms with Gasteiger partial charge in [0.1, 0.15) is 5.00 Å². The van der Waals surface area contributed by atoms with Crippen LogP contribution in [0.25, 0.3) is 0 Å². The zero-order valence-corrected chi connectivity index (χ0v) is 16.2. The van der Waals surface area contributed by atoms with Crippen LogP contribution in [-0.4, -0.2) is 45.2 Å². The van der Waals surface area contributed by atoms with Crippen LogP contribution in [0.3, 0.4) is 0 Å². The van der Waals surface area contributed by atoms with Gasteiger partial charge >= 0.3 is 11.9 Å². The Morgan fingerprint density at radius 2 is 2.07 bits per heavy atom. The molecule has 0 atom stereocenters. The summed E-state index contributed by atoms with van der Waals surface area (Å²) < 4.78 is 6.45. The van der Waals surface area contributed by atoms with E-state index in [9.17, 15) is 19.2 Å². The molecule has 0 aromatic carbocycles. The van der Waals surface area contributed by atoms with Crippen molar-refractivity contribution < 1.29 is 29.0 Å². The maximum atomic E-state index is 12.3. The SMILES string of the molecule is CCCOC(=O)c1c(NC(=O)CCn2ccc(C(=O)O)n2)sc(C(N)=O)c1C. The van der Waals surface area contributed by atoms with E-state index in [4.69, 9.17) is 15.6 Å². The fourth-order valence-corrected chi connectivity index (χ4v) is 3.42. The highest BCUT2D eigenvalue weighted by atomic mass is 32.1. The normalized spacial score (nSPS) is 10.5. The number of primary amides is 1. The molecule has 10 nitrogen and oxygen atoms in total. The van der Waals surface area contributed by atoms with Gasteiger partial charge in [-0.1, -0.05) is 6.92 Å². The van der Waals surface area contributed by atoms with E-state index in [1.165, 1.54) is 16.9 Å². The second kappa shape index (κ2) is 9.13. The van der Waals surface area contributed by atoms with Crippen molar-refractivity contribution in [2.45, 2.75) is 33.2 Å². The van der Waals surface area contributed by atoms with Crippen LogP contribution in [0.2, 0.25) is 0 Å². The largest absolute Gasteiger partial charge is 0.476 e. The van der Waals surface area contributed by atoms with E-state index in [0.29, 0.717) is 12.0 Å². The molecule has 2 aromatic heterocycles. The average Bonchev–Trinajstić information content (AvgIpc) is 3.23. The molecular weight excluding hydrogens is 388 g/mol. The van der Waals surface area contributed by atoms with Crippen LogP contribution in [-0.2, 0) is 16.1 Å². The number of thiophene rings is 1. The molecule has 2 heterocycles. The van der Waals surface area contributed by atoms with Crippen molar-refractivity contribution in [2.75, 3.05) is 11.9 Å². The van der Waals surface area contributed by atoms with Gasteiger partial charge in [-0.3, -0.25) is 14.3 Å². The molecule has 4 N–H and O–H groups in total. The van der Waals surface area contributed by atoms with E-state index in [1.807, 2.05) is 6.92 Å². The maximum absolute atomic E-state index is 12.3. The van der Waals surface area contributed by atoms with E-state index < -0.39 is 23.8 Å². The van der Waals surface area contributed by atoms with E-state index in [0.717, 1.165) is 11.3 Å². The van der Waals surface area contributed by atoms with Gasteiger partial charge in [0.2, 0.25) is 5.91 Å². The number of ether oxygens (including phenoxy) is 1. The van der Waals surface area contributed by atoms with Crippen LogP contribution < -0.4 is 11.1 Å². The molecule has 28 heavy (non-hydrogen) atoms. The van der Waals surface area contributed by atoms with Gasteiger partial charge in [-0.05, 0) is 25.0 Å². The number of anilines is 1. The molecule has 0 radical (unpaired) electrons. The lowest BCUT2D eigenvalue weighted by molar-refractivity contribution is -0.116. The number of hydrogen-bond acceptors (Lipinski definition) is 7. The van der Waals surface area contributed by atoms with Crippen molar-refractivity contribution in [2.24, 2.45) is 5.73 Å². The zero-order valence-electron chi connectivity index (χ0n) is 15.4. The number of hydrogen-bond donors (Lipinski definition) is 3. The molecule has 2 rings (SSSR count). The standard InChI is InChI=1S/C17H20N4O6S/c1-3-8-27-17(26)12-9(2)13(14(18)23)28-15(12)19-11(22)5-7-21-6-4-10(20-21)16(24)25/h4,6H,3,5,7-8H2,1-2H3,(H2,18,23)(H,19,22)(H,24,25). The van der Waals surface area contributed by atoms with Gasteiger partial charge in [-0.25, -0.2) is 9.59 Å². The number of carboxylic acid groups (broad SMARTS) is 1. The molecule has 150 valence electrons. The van der Waals surface area contributed by atoms with Crippen LogP contribution >= 0.6 is 11.3 Å². The van der Waals surface area contributed by atoms with E-state index in [1.54, 1.807) is 6.92 Å². The molecule has 0 fully saturated rings. The Hall–Kier alpha value is -3.21. The van der Waals surface area contributed by atoms with Crippen LogP contribution in [0.15, 0.2) is 12.3 Å². The molecule has 2 amide bonds. The van der Waals surface area contributed by atoms with Crippen LogP contribution in [0.5, 0.6) is 0 Å². The predicted molar refractivity (Wildman–Crippen MR) is 101 cm³/mol. The molecule has 0 spiro atoms. The molecular formula is C17H20N4O6S. The van der Waals surface area contributed by atoms with Crippen LogP contribution in [0.4, 0.5) is 5.00 Å². The number of carboxylic acids is 1. The third-order valence-electron chi connectivity index (χ3n) is 3.69. The highest BCUT2D eigenvalue weighted by Gasteiger charge is 2.25. The average molecular weight is 408 g/mol. The first kappa shape index (κ1) is 21.1. The summed E-state index contributed by atoms with van der Waals surface area (Å²) in [6, 6.07) is 1.32. The first-order valence-corrected chi connectivity index (χ1v) is 9.23. The first-order chi connectivity index (χ1) is 13.2. The molecule has 0 bridgehead atoms. The molecule has 0 saturated carbocycles. The number of nitrogens with two attached hydrogens (primary N) is 1. The smallest absolute Gasteiger partial charge is 0.356 e. The Balaban J connectivity index is 2.13. The van der Waals surface area contributed by atoms with Gasteiger partial charge in [0.25, 0.3) is 5.91 Å². The van der Waals surface area contributed by atoms with Gasteiger partial charge in [0.05, 0.1) is 17.0 Å². The van der Waals surface area contributed by atoms with Crippen molar-refractivity contribution in [3.05, 3.63) is 34.0 Å². The molecule has 0 aliphatic rings. The third-order valence-corrected chi connectivity index (χ3v) is 4.91. The molecule has 0 aliphatic carbocycles. The number of aromatic carboxylic acids is 1. The van der Waals surface area contributed by atoms with Crippen molar-refractivity contribution in [3.8, 4) is 0 Å². The van der Waals surface area contributed by atoms with Crippen molar-refractivity contribution >= 4 is 40.1 Å². The molecule has 11 heteroatoms. The topological polar surface area (TPSA) is 154 Å². The summed E-state index contributed by atoms with van der Waals surface area (Å²) in [6.07, 6.45) is 2.05. The lowest BCUT2D eigenvalue weighted by Crippen LogP contribution is -2.17. The molecule has 2 aromatic rings. The lowest BCUT2D eigenvalue weighted by Gasteiger charge is -2.08. The van der Waals surface area contributed by atoms with E-state index in [-0.39, 0.29) is 40.7 Å². The van der Waals surface area contributed by atoms with Crippen molar-refractivity contribution in [3.63, 3.8) is 0 Å². The summed E-state index contributed by atoms with van der Waals surface area (Å²) in [5.74, 6) is -2.94. The Morgan fingerprint density at radius 1 is 1.36 bits per heavy atom. The van der Waals surface area contributed by atoms with Crippen LogP contribution in [0, 0.1) is 6.92 Å². The highest BCUT2D eigenvalue weighted by molar-refractivity contribution is 7.18. The summed E-state index contributed by atoms with van der Waals surface area (Å²) in [4.78, 5) is 47.2. The minimum Gasteiger partial charge on any atom is -0.476 e. The second-order valence-corrected chi connectivity index (χ2v) is 6.85. The van der Waals surface area contributed by atoms with E-state index in [2.05, 4.69) is 10.4 Å². The minimum absolute atomic E-state index is 0.0208. The number of nitrogens with zero attached hydrogens (tertiary/aromatic N) is 2. The zero-order chi connectivity index (χ0) is 20.8. The Morgan fingerprint density at radius 3 is 2.64 bits per heavy atom. The Labute approximate surface area is 164 Å². The fourth-order valence-electron chi connectivity index (χ4n) is 2.35. The number of esters is 1. The summed E-state index contributed by atoms with van der Waals surface area (Å²) in [7, 11) is 0. The number of rotatable bonds is 9. The monoisotopic (exact) mass is 408 g/mol. The molecule has 0 unspecified atom stereocenters. The molecule has 0 saturated heterocycles. The predicted octanol–water partition coefficient (Wildman–Crippen LogP) is 1.65. The number of carbonyl (C=O) groups is 4. The number of aryl methyl sites for hydroxylation is 1. The van der Waals surface area contributed by atoms with E-state index >= 15 is 0 Å². The lowest BCUT2D eigenvalue weighted by atomic mass is 10.1. The fraction of sp³-hybridized carbons (Fsp3) is 0.353. The Bertz CT molecular complexity index is 917. The van der Waals surface area contributed by atoms with Crippen molar-refractivity contribution in [1.82, 2.24) is 9.78 Å². The maximum Gasteiger partial charge on any atom is 0.356 e. The second-order valence-electron chi connectivity index (χ2n) is 5.83.